The number of rotatable bonds is 2. The van der Waals surface area contributed by atoms with Crippen LogP contribution in [0.5, 0.6) is 0 Å². The summed E-state index contributed by atoms with van der Waals surface area (Å²) in [5, 5.41) is 0.715. The van der Waals surface area contributed by atoms with Gasteiger partial charge in [-0.15, -0.1) is 11.8 Å². The van der Waals surface area contributed by atoms with Gasteiger partial charge in [-0.05, 0) is 25.0 Å². The highest BCUT2D eigenvalue weighted by atomic mass is 32.2. The van der Waals surface area contributed by atoms with Gasteiger partial charge in [0.2, 0.25) is 0 Å². The monoisotopic (exact) mass is 176 g/mol. The van der Waals surface area contributed by atoms with E-state index in [1.165, 1.54) is 17.7 Å². The summed E-state index contributed by atoms with van der Waals surface area (Å²) in [5.74, 6) is 0. The van der Waals surface area contributed by atoms with Gasteiger partial charge in [0, 0.05) is 10.1 Å². The topological polar surface area (TPSA) is 0 Å². The van der Waals surface area contributed by atoms with Crippen LogP contribution in [0.25, 0.3) is 0 Å². The zero-order chi connectivity index (χ0) is 8.23. The van der Waals surface area contributed by atoms with E-state index in [0.717, 1.165) is 0 Å². The molecule has 0 aromatic heterocycles. The van der Waals surface area contributed by atoms with Gasteiger partial charge in [0.05, 0.1) is 0 Å². The van der Waals surface area contributed by atoms with Crippen molar-refractivity contribution < 1.29 is 0 Å². The highest BCUT2D eigenvalue weighted by Gasteiger charge is 2.09. The third-order valence-electron chi connectivity index (χ3n) is 2.00. The van der Waals surface area contributed by atoms with E-state index in [9.17, 15) is 0 Å². The smallest absolute Gasteiger partial charge is 0.0277 e. The first-order valence-electron chi connectivity index (χ1n) is 4.33. The molecule has 1 aliphatic carbocycles. The molecule has 0 bridgehead atoms. The second kappa shape index (κ2) is 3.81. The van der Waals surface area contributed by atoms with Crippen LogP contribution in [-0.2, 0) is 0 Å². The molecular formula is C11H12S. The molecule has 2 rings (SSSR count). The molecule has 0 nitrogen and oxygen atoms in total. The third kappa shape index (κ3) is 1.92. The summed E-state index contributed by atoms with van der Waals surface area (Å²) in [6.07, 6.45) is 7.16. The molecule has 1 heteroatoms. The van der Waals surface area contributed by atoms with Crippen LogP contribution in [0.4, 0.5) is 0 Å². The lowest BCUT2D eigenvalue weighted by atomic mass is 10.4. The Labute approximate surface area is 77.7 Å². The Morgan fingerprint density at radius 3 is 2.67 bits per heavy atom. The van der Waals surface area contributed by atoms with E-state index in [1.807, 2.05) is 11.8 Å². The molecule has 0 saturated carbocycles. The molecule has 0 aliphatic heterocycles. The number of hydrogen-bond donors (Lipinski definition) is 0. The van der Waals surface area contributed by atoms with Gasteiger partial charge in [-0.1, -0.05) is 30.4 Å². The standard InChI is InChI=1S/C11H12S/c1-2-6-10(7-3-1)12-11-8-4-5-9-11/h1-4,6-8,11H,5,9H2/t11-/m1/s1. The normalized spacial score (nSPS) is 21.5. The summed E-state index contributed by atoms with van der Waals surface area (Å²) in [6.45, 7) is 0. The van der Waals surface area contributed by atoms with Crippen LogP contribution in [0, 0.1) is 0 Å². The van der Waals surface area contributed by atoms with Crippen LogP contribution in [0.2, 0.25) is 0 Å². The quantitative estimate of drug-likeness (QED) is 0.621. The van der Waals surface area contributed by atoms with Crippen molar-refractivity contribution in [3.05, 3.63) is 42.5 Å². The second-order valence-electron chi connectivity index (χ2n) is 2.97. The average molecular weight is 176 g/mol. The number of hydrogen-bond acceptors (Lipinski definition) is 1. The molecule has 0 heterocycles. The summed E-state index contributed by atoms with van der Waals surface area (Å²) >= 11 is 1.96. The predicted molar refractivity (Wildman–Crippen MR) is 54.5 cm³/mol. The van der Waals surface area contributed by atoms with Crippen LogP contribution in [0.3, 0.4) is 0 Å². The van der Waals surface area contributed by atoms with E-state index in [2.05, 4.69) is 42.5 Å². The van der Waals surface area contributed by atoms with E-state index >= 15 is 0 Å². The van der Waals surface area contributed by atoms with Gasteiger partial charge in [0.25, 0.3) is 0 Å². The van der Waals surface area contributed by atoms with Crippen LogP contribution in [0.15, 0.2) is 47.4 Å². The van der Waals surface area contributed by atoms with Crippen molar-refractivity contribution in [2.45, 2.75) is 23.0 Å². The van der Waals surface area contributed by atoms with E-state index in [1.54, 1.807) is 0 Å². The predicted octanol–water partition coefficient (Wildman–Crippen LogP) is 3.50. The number of allylic oxidation sites excluding steroid dienone is 1. The van der Waals surface area contributed by atoms with E-state index in [4.69, 9.17) is 0 Å². The maximum atomic E-state index is 2.32. The first-order chi connectivity index (χ1) is 5.95. The Morgan fingerprint density at radius 2 is 2.00 bits per heavy atom. The molecule has 0 amide bonds. The van der Waals surface area contributed by atoms with Gasteiger partial charge in [-0.2, -0.15) is 0 Å². The molecule has 1 aromatic carbocycles. The fourth-order valence-electron chi connectivity index (χ4n) is 1.38. The molecule has 62 valence electrons. The first-order valence-corrected chi connectivity index (χ1v) is 5.21. The van der Waals surface area contributed by atoms with Crippen molar-refractivity contribution in [3.63, 3.8) is 0 Å². The Morgan fingerprint density at radius 1 is 1.17 bits per heavy atom. The summed E-state index contributed by atoms with van der Waals surface area (Å²) in [4.78, 5) is 1.38. The van der Waals surface area contributed by atoms with Crippen molar-refractivity contribution in [1.29, 1.82) is 0 Å². The number of thioether (sulfide) groups is 1. The number of benzene rings is 1. The zero-order valence-electron chi connectivity index (χ0n) is 6.94. The van der Waals surface area contributed by atoms with Crippen LogP contribution in [-0.4, -0.2) is 5.25 Å². The molecule has 1 aromatic rings. The average Bonchev–Trinajstić information content (AvgIpc) is 2.59. The van der Waals surface area contributed by atoms with Crippen LogP contribution < -0.4 is 0 Å². The van der Waals surface area contributed by atoms with Crippen molar-refractivity contribution in [2.75, 3.05) is 0 Å². The molecule has 0 radical (unpaired) electrons. The van der Waals surface area contributed by atoms with Crippen molar-refractivity contribution in [2.24, 2.45) is 0 Å². The minimum absolute atomic E-state index is 0.715. The highest BCUT2D eigenvalue weighted by molar-refractivity contribution is 8.00. The van der Waals surface area contributed by atoms with Gasteiger partial charge in [0.1, 0.15) is 0 Å². The van der Waals surface area contributed by atoms with Gasteiger partial charge < -0.3 is 0 Å². The second-order valence-corrected chi connectivity index (χ2v) is 4.29. The van der Waals surface area contributed by atoms with Gasteiger partial charge >= 0.3 is 0 Å². The van der Waals surface area contributed by atoms with E-state index in [-0.39, 0.29) is 0 Å². The lowest BCUT2D eigenvalue weighted by Gasteiger charge is -2.05. The zero-order valence-corrected chi connectivity index (χ0v) is 7.76. The van der Waals surface area contributed by atoms with E-state index < -0.39 is 0 Å². The summed E-state index contributed by atoms with van der Waals surface area (Å²) in [7, 11) is 0. The largest absolute Gasteiger partial charge is 0.119 e. The Balaban J connectivity index is 1.99. The molecule has 0 N–H and O–H groups in total. The molecule has 1 aliphatic rings. The molecular weight excluding hydrogens is 164 g/mol. The minimum Gasteiger partial charge on any atom is -0.119 e. The summed E-state index contributed by atoms with van der Waals surface area (Å²) in [5.41, 5.74) is 0. The molecule has 12 heavy (non-hydrogen) atoms. The van der Waals surface area contributed by atoms with Crippen molar-refractivity contribution >= 4 is 11.8 Å². The van der Waals surface area contributed by atoms with Crippen LogP contribution in [0.1, 0.15) is 12.8 Å². The molecule has 1 atom stereocenters. The van der Waals surface area contributed by atoms with Crippen LogP contribution >= 0.6 is 11.8 Å². The Hall–Kier alpha value is -0.690. The molecule has 0 saturated heterocycles. The Kier molecular flexibility index (Phi) is 2.52. The lowest BCUT2D eigenvalue weighted by molar-refractivity contribution is 0.943. The first kappa shape index (κ1) is 7.93. The minimum atomic E-state index is 0.715. The molecule has 0 spiro atoms. The third-order valence-corrected chi connectivity index (χ3v) is 3.24. The maximum absolute atomic E-state index is 2.32. The maximum Gasteiger partial charge on any atom is 0.0277 e. The van der Waals surface area contributed by atoms with Gasteiger partial charge in [-0.25, -0.2) is 0 Å². The van der Waals surface area contributed by atoms with Crippen molar-refractivity contribution in [1.82, 2.24) is 0 Å². The highest BCUT2D eigenvalue weighted by Crippen LogP contribution is 2.29. The molecule has 0 fully saturated rings. The van der Waals surface area contributed by atoms with E-state index in [0.29, 0.717) is 5.25 Å². The fraction of sp³-hybridized carbons (Fsp3) is 0.273. The molecule has 0 unspecified atom stereocenters. The van der Waals surface area contributed by atoms with Gasteiger partial charge in [-0.3, -0.25) is 0 Å². The summed E-state index contributed by atoms with van der Waals surface area (Å²) in [6, 6.07) is 10.6. The fourth-order valence-corrected chi connectivity index (χ4v) is 2.48. The lowest BCUT2D eigenvalue weighted by Crippen LogP contribution is -1.90. The van der Waals surface area contributed by atoms with Crippen molar-refractivity contribution in [3.8, 4) is 0 Å². The van der Waals surface area contributed by atoms with Gasteiger partial charge in [0.15, 0.2) is 0 Å². The Bertz CT molecular complexity index is 264. The summed E-state index contributed by atoms with van der Waals surface area (Å²) < 4.78 is 0. The SMILES string of the molecule is C1=C[C@@H](Sc2ccccc2)CC1.